The number of unbranched alkanes of at least 4 members (excludes halogenated alkanes) is 28. The molecule has 22 nitrogen and oxygen atoms in total. The number of amides is 1. The molecule has 0 saturated carbocycles. The maximum atomic E-state index is 12.9. The SMILES string of the molecule is CCCCCCCCCCCCCCCCCC(=O)OCC(COP(=O)(O)OCCNC(=O)CCOCCOCCOCCOCCOCCOCCOCCOCCOCCOCCOCCOC)OC(=O)CCCCCCCCCCCCCCCCC. The summed E-state index contributed by atoms with van der Waals surface area (Å²) in [6.45, 7) is 13.6. The van der Waals surface area contributed by atoms with E-state index in [0.29, 0.717) is 152 Å². The summed E-state index contributed by atoms with van der Waals surface area (Å²) in [6, 6.07) is 0. The number of rotatable bonds is 78. The van der Waals surface area contributed by atoms with Crippen molar-refractivity contribution < 1.29 is 99.2 Å². The van der Waals surface area contributed by atoms with Gasteiger partial charge < -0.3 is 76.5 Å². The summed E-state index contributed by atoms with van der Waals surface area (Å²) >= 11 is 0. The molecular weight excluding hydrogens is 1190 g/mol. The number of ether oxygens (including phenoxy) is 14. The highest BCUT2D eigenvalue weighted by molar-refractivity contribution is 7.47. The van der Waals surface area contributed by atoms with E-state index < -0.39 is 32.5 Å². The van der Waals surface area contributed by atoms with Crippen LogP contribution in [0, 0.1) is 0 Å². The average Bonchev–Trinajstić information content (AvgIpc) is 3.09. The zero-order chi connectivity index (χ0) is 65.3. The predicted molar refractivity (Wildman–Crippen MR) is 350 cm³/mol. The Hall–Kier alpha value is -1.96. The lowest BCUT2D eigenvalue weighted by Gasteiger charge is -2.20. The molecule has 2 unspecified atom stereocenters. The van der Waals surface area contributed by atoms with Gasteiger partial charge in [0.05, 0.1) is 165 Å². The third-order valence-corrected chi connectivity index (χ3v) is 15.4. The second-order valence-corrected chi connectivity index (χ2v) is 24.1. The van der Waals surface area contributed by atoms with Gasteiger partial charge in [0.1, 0.15) is 6.61 Å². The van der Waals surface area contributed by atoms with E-state index in [0.717, 1.165) is 38.5 Å². The van der Waals surface area contributed by atoms with Crippen molar-refractivity contribution in [1.29, 1.82) is 0 Å². The molecule has 0 bridgehead atoms. The number of phosphoric ester groups is 1. The first-order chi connectivity index (χ1) is 44.2. The Bertz CT molecular complexity index is 1530. The lowest BCUT2D eigenvalue weighted by atomic mass is 10.0. The Labute approximate surface area is 545 Å². The van der Waals surface area contributed by atoms with Gasteiger partial charge >= 0.3 is 19.8 Å². The van der Waals surface area contributed by atoms with Crippen LogP contribution in [-0.4, -0.2) is 214 Å². The van der Waals surface area contributed by atoms with E-state index in [4.69, 9.17) is 75.4 Å². The van der Waals surface area contributed by atoms with Crippen LogP contribution in [0.25, 0.3) is 0 Å². The Kier molecular flexibility index (Phi) is 72.8. The smallest absolute Gasteiger partial charge is 0.462 e. The van der Waals surface area contributed by atoms with E-state index in [2.05, 4.69) is 19.2 Å². The summed E-state index contributed by atoms with van der Waals surface area (Å²) in [5.74, 6) is -1.24. The molecule has 2 atom stereocenters. The standard InChI is InChI=1S/C67H132NO21P/c1-4-6-8-10-12-14-16-18-20-22-24-26-28-30-32-34-66(70)86-62-64(89-67(71)35-33-31-29-27-25-23-21-19-17-15-13-11-9-7-5-2)63-88-90(72,73)87-39-37-68-65(69)36-38-75-42-43-77-46-47-79-50-51-81-54-55-83-58-59-85-61-60-84-57-56-82-53-52-80-49-48-78-45-44-76-41-40-74-3/h64H,4-63H2,1-3H3,(H,68,69)(H,72,73). The first-order valence-corrected chi connectivity index (χ1v) is 36.8. The van der Waals surface area contributed by atoms with Crippen LogP contribution in [0.15, 0.2) is 0 Å². The van der Waals surface area contributed by atoms with Crippen molar-refractivity contribution in [3.63, 3.8) is 0 Å². The largest absolute Gasteiger partial charge is 0.472 e. The third kappa shape index (κ3) is 73.5. The molecule has 0 rings (SSSR count). The van der Waals surface area contributed by atoms with Crippen molar-refractivity contribution in [1.82, 2.24) is 5.32 Å². The number of esters is 2. The fourth-order valence-electron chi connectivity index (χ4n) is 9.16. The van der Waals surface area contributed by atoms with Gasteiger partial charge in [-0.15, -0.1) is 0 Å². The van der Waals surface area contributed by atoms with Crippen molar-refractivity contribution in [2.45, 2.75) is 232 Å². The fourth-order valence-corrected chi connectivity index (χ4v) is 9.91. The lowest BCUT2D eigenvalue weighted by Crippen LogP contribution is -2.30. The van der Waals surface area contributed by atoms with Crippen LogP contribution >= 0.6 is 7.82 Å². The first kappa shape index (κ1) is 88.0. The highest BCUT2D eigenvalue weighted by atomic mass is 31.2. The number of nitrogens with one attached hydrogen (secondary N) is 1. The van der Waals surface area contributed by atoms with Crippen LogP contribution in [0.4, 0.5) is 0 Å². The minimum Gasteiger partial charge on any atom is -0.462 e. The molecule has 0 heterocycles. The van der Waals surface area contributed by atoms with Crippen molar-refractivity contribution in [2.75, 3.05) is 185 Å². The number of phosphoric acid groups is 1. The molecule has 0 aromatic heterocycles. The maximum absolute atomic E-state index is 12.9. The van der Waals surface area contributed by atoms with Gasteiger partial charge in [-0.05, 0) is 12.8 Å². The molecule has 0 radical (unpaired) electrons. The molecule has 1 amide bonds. The highest BCUT2D eigenvalue weighted by Gasteiger charge is 2.26. The molecule has 0 aliphatic rings. The molecule has 0 aromatic rings. The average molecular weight is 1320 g/mol. The summed E-state index contributed by atoms with van der Waals surface area (Å²) in [6.07, 6.45) is 35.9. The van der Waals surface area contributed by atoms with Gasteiger partial charge in [0.2, 0.25) is 5.91 Å². The number of methoxy groups -OCH3 is 1. The number of hydrogen-bond acceptors (Lipinski definition) is 20. The molecular formula is C67H132NO21P. The highest BCUT2D eigenvalue weighted by Crippen LogP contribution is 2.43. The Morgan fingerprint density at radius 3 is 0.922 bits per heavy atom. The van der Waals surface area contributed by atoms with Crippen LogP contribution in [0.1, 0.15) is 226 Å². The van der Waals surface area contributed by atoms with Gasteiger partial charge in [0.15, 0.2) is 6.10 Å². The summed E-state index contributed by atoms with van der Waals surface area (Å²) in [5, 5.41) is 2.61. The van der Waals surface area contributed by atoms with Gasteiger partial charge in [-0.2, -0.15) is 0 Å². The van der Waals surface area contributed by atoms with Gasteiger partial charge in [0, 0.05) is 32.9 Å². The monoisotopic (exact) mass is 1320 g/mol. The lowest BCUT2D eigenvalue weighted by molar-refractivity contribution is -0.161. The summed E-state index contributed by atoms with van der Waals surface area (Å²) in [4.78, 5) is 48.3. The van der Waals surface area contributed by atoms with E-state index in [-0.39, 0.29) is 58.1 Å². The topological polar surface area (TPSA) is 248 Å². The van der Waals surface area contributed by atoms with Gasteiger partial charge in [-0.25, -0.2) is 4.57 Å². The molecule has 0 aromatic carbocycles. The Morgan fingerprint density at radius 1 is 0.333 bits per heavy atom. The number of carbonyl (C=O) groups is 3. The second-order valence-electron chi connectivity index (χ2n) is 22.6. The van der Waals surface area contributed by atoms with Gasteiger partial charge in [-0.3, -0.25) is 23.4 Å². The van der Waals surface area contributed by atoms with Crippen LogP contribution in [0.2, 0.25) is 0 Å². The normalized spacial score (nSPS) is 12.6. The van der Waals surface area contributed by atoms with Crippen LogP contribution in [-0.2, 0) is 94.3 Å². The fraction of sp³-hybridized carbons (Fsp3) is 0.955. The Balaban J connectivity index is 4.10. The molecule has 0 aliphatic carbocycles. The molecule has 536 valence electrons. The van der Waals surface area contributed by atoms with Crippen LogP contribution in [0.5, 0.6) is 0 Å². The van der Waals surface area contributed by atoms with Crippen molar-refractivity contribution in [3.05, 3.63) is 0 Å². The third-order valence-electron chi connectivity index (χ3n) is 14.4. The number of carbonyl (C=O) groups excluding carboxylic acids is 3. The van der Waals surface area contributed by atoms with Gasteiger partial charge in [0.25, 0.3) is 0 Å². The molecule has 90 heavy (non-hydrogen) atoms. The van der Waals surface area contributed by atoms with E-state index in [1.807, 2.05) is 0 Å². The van der Waals surface area contributed by atoms with E-state index in [9.17, 15) is 23.8 Å². The first-order valence-electron chi connectivity index (χ1n) is 35.3. The maximum Gasteiger partial charge on any atom is 0.472 e. The molecule has 0 saturated heterocycles. The zero-order valence-corrected chi connectivity index (χ0v) is 58.0. The molecule has 2 N–H and O–H groups in total. The molecule has 23 heteroatoms. The molecule has 0 spiro atoms. The van der Waals surface area contributed by atoms with Crippen molar-refractivity contribution in [3.8, 4) is 0 Å². The summed E-state index contributed by atoms with van der Waals surface area (Å²) < 4.78 is 99.3. The van der Waals surface area contributed by atoms with Crippen LogP contribution < -0.4 is 5.32 Å². The summed E-state index contributed by atoms with van der Waals surface area (Å²) in [7, 11) is -2.98. The summed E-state index contributed by atoms with van der Waals surface area (Å²) in [5.41, 5.74) is 0. The van der Waals surface area contributed by atoms with Crippen molar-refractivity contribution >= 4 is 25.7 Å². The Morgan fingerprint density at radius 2 is 0.611 bits per heavy atom. The van der Waals surface area contributed by atoms with E-state index in [1.54, 1.807) is 7.11 Å². The van der Waals surface area contributed by atoms with Crippen molar-refractivity contribution in [2.24, 2.45) is 0 Å². The van der Waals surface area contributed by atoms with Gasteiger partial charge in [-0.1, -0.05) is 194 Å². The predicted octanol–water partition coefficient (Wildman–Crippen LogP) is 12.4. The minimum atomic E-state index is -4.62. The van der Waals surface area contributed by atoms with E-state index >= 15 is 0 Å². The zero-order valence-electron chi connectivity index (χ0n) is 57.1. The van der Waals surface area contributed by atoms with E-state index in [1.165, 1.54) is 141 Å². The molecule has 0 fully saturated rings. The second kappa shape index (κ2) is 74.4. The van der Waals surface area contributed by atoms with Crippen LogP contribution in [0.3, 0.4) is 0 Å². The quantitative estimate of drug-likeness (QED) is 0.0326. The number of hydrogen-bond donors (Lipinski definition) is 2. The molecule has 0 aliphatic heterocycles. The minimum absolute atomic E-state index is 0.0564.